The molecule has 0 atom stereocenters. The molecule has 1 heterocycles. The lowest BCUT2D eigenvalue weighted by Crippen LogP contribution is -2.32. The van der Waals surface area contributed by atoms with Gasteiger partial charge < -0.3 is 11.1 Å². The Morgan fingerprint density at radius 3 is 2.59 bits per heavy atom. The van der Waals surface area contributed by atoms with E-state index in [0.717, 1.165) is 30.8 Å². The number of nitrogens with one attached hydrogen (secondary N) is 1. The number of hydrogen-bond acceptors (Lipinski definition) is 5. The Kier molecular flexibility index (Phi) is 5.05. The zero-order chi connectivity index (χ0) is 12.9. The second-order valence-corrected chi connectivity index (χ2v) is 5.48. The highest BCUT2D eigenvalue weighted by Crippen LogP contribution is 2.30. The van der Waals surface area contributed by atoms with Crippen LogP contribution in [-0.2, 0) is 0 Å². The van der Waals surface area contributed by atoms with Gasteiger partial charge >= 0.3 is 0 Å². The number of aryl methyl sites for hydroxylation is 1. The van der Waals surface area contributed by atoms with Gasteiger partial charge in [0.1, 0.15) is 5.82 Å². The first-order valence-corrected chi connectivity index (χ1v) is 7.17. The van der Waals surface area contributed by atoms with E-state index in [1.807, 2.05) is 18.7 Å². The van der Waals surface area contributed by atoms with Gasteiger partial charge in [-0.05, 0) is 26.0 Å². The Morgan fingerprint density at radius 1 is 1.41 bits per heavy atom. The number of nitrogens with zero attached hydrogens (tertiary/aromatic N) is 2. The van der Waals surface area contributed by atoms with Gasteiger partial charge in [-0.3, -0.25) is 0 Å². The van der Waals surface area contributed by atoms with Crippen molar-refractivity contribution >= 4 is 23.5 Å². The molecule has 0 aromatic carbocycles. The third kappa shape index (κ3) is 3.49. The van der Waals surface area contributed by atoms with E-state index < -0.39 is 0 Å². The highest BCUT2D eigenvalue weighted by atomic mass is 32.2. The van der Waals surface area contributed by atoms with Crippen molar-refractivity contribution in [2.75, 3.05) is 23.9 Å². The van der Waals surface area contributed by atoms with Gasteiger partial charge in [0, 0.05) is 23.1 Å². The smallest absolute Gasteiger partial charge is 0.221 e. The van der Waals surface area contributed by atoms with Gasteiger partial charge in [0.15, 0.2) is 0 Å². The first-order chi connectivity index (χ1) is 8.06. The number of nitrogens with two attached hydrogens (primary N) is 1. The van der Waals surface area contributed by atoms with E-state index >= 15 is 0 Å². The van der Waals surface area contributed by atoms with Crippen LogP contribution in [0.4, 0.5) is 11.8 Å². The second kappa shape index (κ2) is 6.10. The van der Waals surface area contributed by atoms with Crippen molar-refractivity contribution in [2.24, 2.45) is 0 Å². The van der Waals surface area contributed by atoms with E-state index in [2.05, 4.69) is 35.4 Å². The number of anilines is 2. The summed E-state index contributed by atoms with van der Waals surface area (Å²) in [5.41, 5.74) is 6.63. The van der Waals surface area contributed by atoms with Crippen molar-refractivity contribution in [2.45, 2.75) is 38.4 Å². The molecule has 0 fully saturated rings. The van der Waals surface area contributed by atoms with Crippen LogP contribution in [0, 0.1) is 6.92 Å². The van der Waals surface area contributed by atoms with Crippen LogP contribution in [0.1, 0.15) is 32.3 Å². The molecule has 1 aromatic rings. The minimum absolute atomic E-state index is 0.270. The average Bonchev–Trinajstić information content (AvgIpc) is 2.35. The standard InChI is InChI=1S/C12H22N4S/c1-5-12(6-2,17-4)8-15-10-9(3)7-14-11(13)16-10/h7H,5-6,8H2,1-4H3,(H3,13,14,15,16). The summed E-state index contributed by atoms with van der Waals surface area (Å²) >= 11 is 1.91. The fraction of sp³-hybridized carbons (Fsp3) is 0.667. The molecule has 1 rings (SSSR count). The summed E-state index contributed by atoms with van der Waals surface area (Å²) in [7, 11) is 0. The van der Waals surface area contributed by atoms with Gasteiger partial charge in [0.2, 0.25) is 5.95 Å². The fourth-order valence-electron chi connectivity index (χ4n) is 1.74. The molecule has 0 aliphatic heterocycles. The summed E-state index contributed by atoms with van der Waals surface area (Å²) < 4.78 is 0.270. The highest BCUT2D eigenvalue weighted by Gasteiger charge is 2.24. The number of rotatable bonds is 6. The minimum Gasteiger partial charge on any atom is -0.368 e. The van der Waals surface area contributed by atoms with Crippen LogP contribution < -0.4 is 11.1 Å². The summed E-state index contributed by atoms with van der Waals surface area (Å²) in [5, 5.41) is 3.40. The number of hydrogen-bond donors (Lipinski definition) is 2. The van der Waals surface area contributed by atoms with E-state index in [1.165, 1.54) is 0 Å². The Hall–Kier alpha value is -0.970. The van der Waals surface area contributed by atoms with Crippen LogP contribution >= 0.6 is 11.8 Å². The molecule has 0 spiro atoms. The monoisotopic (exact) mass is 254 g/mol. The van der Waals surface area contributed by atoms with Crippen molar-refractivity contribution in [3.05, 3.63) is 11.8 Å². The molecule has 3 N–H and O–H groups in total. The Balaban J connectivity index is 2.75. The van der Waals surface area contributed by atoms with E-state index in [1.54, 1.807) is 6.20 Å². The Bertz CT molecular complexity index is 355. The maximum absolute atomic E-state index is 5.60. The lowest BCUT2D eigenvalue weighted by molar-refractivity contribution is 0.573. The highest BCUT2D eigenvalue weighted by molar-refractivity contribution is 8.00. The number of nitrogen functional groups attached to an aromatic ring is 1. The number of aromatic nitrogens is 2. The van der Waals surface area contributed by atoms with Crippen molar-refractivity contribution < 1.29 is 0 Å². The van der Waals surface area contributed by atoms with Crippen LogP contribution in [-0.4, -0.2) is 27.5 Å². The lowest BCUT2D eigenvalue weighted by atomic mass is 10.0. The summed E-state index contributed by atoms with van der Waals surface area (Å²) in [4.78, 5) is 8.19. The molecule has 5 heteroatoms. The molecule has 0 saturated heterocycles. The summed E-state index contributed by atoms with van der Waals surface area (Å²) in [5.74, 6) is 1.17. The zero-order valence-electron chi connectivity index (χ0n) is 11.1. The molecule has 0 amide bonds. The van der Waals surface area contributed by atoms with Gasteiger partial charge in [0.25, 0.3) is 0 Å². The van der Waals surface area contributed by atoms with Gasteiger partial charge in [-0.2, -0.15) is 16.7 Å². The fourth-order valence-corrected chi connectivity index (χ4v) is 2.53. The molecule has 0 aliphatic rings. The Labute approximate surface area is 108 Å². The van der Waals surface area contributed by atoms with Crippen LogP contribution in [0.15, 0.2) is 6.20 Å². The zero-order valence-corrected chi connectivity index (χ0v) is 11.9. The maximum atomic E-state index is 5.60. The molecule has 4 nitrogen and oxygen atoms in total. The molecule has 96 valence electrons. The van der Waals surface area contributed by atoms with Crippen molar-refractivity contribution in [1.29, 1.82) is 0 Å². The molecular formula is C12H22N4S. The molecule has 0 bridgehead atoms. The molecular weight excluding hydrogens is 232 g/mol. The molecule has 17 heavy (non-hydrogen) atoms. The number of thioether (sulfide) groups is 1. The third-order valence-corrected chi connectivity index (χ3v) is 4.88. The third-order valence-electron chi connectivity index (χ3n) is 3.29. The van der Waals surface area contributed by atoms with E-state index in [0.29, 0.717) is 5.95 Å². The molecule has 0 unspecified atom stereocenters. The molecule has 1 aromatic heterocycles. The van der Waals surface area contributed by atoms with Gasteiger partial charge in [0.05, 0.1) is 0 Å². The minimum atomic E-state index is 0.270. The maximum Gasteiger partial charge on any atom is 0.221 e. The SMILES string of the molecule is CCC(CC)(CNc1nc(N)ncc1C)SC. The Morgan fingerprint density at radius 2 is 2.06 bits per heavy atom. The first kappa shape index (κ1) is 14.1. The van der Waals surface area contributed by atoms with Crippen molar-refractivity contribution in [1.82, 2.24) is 9.97 Å². The summed E-state index contributed by atoms with van der Waals surface area (Å²) in [6.45, 7) is 7.34. The van der Waals surface area contributed by atoms with E-state index in [9.17, 15) is 0 Å². The lowest BCUT2D eigenvalue weighted by Gasteiger charge is -2.30. The van der Waals surface area contributed by atoms with Crippen molar-refractivity contribution in [3.8, 4) is 0 Å². The normalized spacial score (nSPS) is 11.5. The average molecular weight is 254 g/mol. The predicted octanol–water partition coefficient (Wildman–Crippen LogP) is 2.70. The largest absolute Gasteiger partial charge is 0.368 e. The quantitative estimate of drug-likeness (QED) is 0.817. The van der Waals surface area contributed by atoms with E-state index in [4.69, 9.17) is 5.73 Å². The molecule has 0 saturated carbocycles. The molecule has 0 aliphatic carbocycles. The first-order valence-electron chi connectivity index (χ1n) is 5.95. The van der Waals surface area contributed by atoms with Gasteiger partial charge in [-0.25, -0.2) is 4.98 Å². The van der Waals surface area contributed by atoms with Crippen LogP contribution in [0.25, 0.3) is 0 Å². The van der Waals surface area contributed by atoms with E-state index in [-0.39, 0.29) is 4.75 Å². The summed E-state index contributed by atoms with van der Waals surface area (Å²) in [6.07, 6.45) is 6.19. The van der Waals surface area contributed by atoms with Crippen LogP contribution in [0.2, 0.25) is 0 Å². The topological polar surface area (TPSA) is 63.8 Å². The van der Waals surface area contributed by atoms with Crippen molar-refractivity contribution in [3.63, 3.8) is 0 Å². The summed E-state index contributed by atoms with van der Waals surface area (Å²) in [6, 6.07) is 0. The molecule has 0 radical (unpaired) electrons. The van der Waals surface area contributed by atoms with Crippen LogP contribution in [0.3, 0.4) is 0 Å². The van der Waals surface area contributed by atoms with Gasteiger partial charge in [-0.15, -0.1) is 0 Å². The predicted molar refractivity (Wildman–Crippen MR) is 76.5 cm³/mol. The second-order valence-electron chi connectivity index (χ2n) is 4.21. The van der Waals surface area contributed by atoms with Gasteiger partial charge in [-0.1, -0.05) is 13.8 Å². The van der Waals surface area contributed by atoms with Crippen LogP contribution in [0.5, 0.6) is 0 Å².